The molecule has 0 unspecified atom stereocenters. The Morgan fingerprint density at radius 1 is 1.45 bits per heavy atom. The Bertz CT molecular complexity index is 476. The van der Waals surface area contributed by atoms with E-state index in [9.17, 15) is 4.79 Å². The van der Waals surface area contributed by atoms with Crippen LogP contribution >= 0.6 is 11.8 Å². The molecule has 0 bridgehead atoms. The Kier molecular flexibility index (Phi) is 4.01. The van der Waals surface area contributed by atoms with Crippen LogP contribution in [0.1, 0.15) is 12.5 Å². The highest BCUT2D eigenvalue weighted by Crippen LogP contribution is 2.29. The standard InChI is InChI=1S/C15H20N2O2S/c1-15(12-5-3-2-4-6-12)10-17(7-8-19-15)14(18)13-9-20-11-16-13/h2-6,13,16H,7-11H2,1H3/t13-,15-/m1/s1. The van der Waals surface area contributed by atoms with Crippen molar-refractivity contribution in [2.45, 2.75) is 18.6 Å². The van der Waals surface area contributed by atoms with Gasteiger partial charge in [-0.15, -0.1) is 11.8 Å². The molecule has 0 aromatic heterocycles. The third kappa shape index (κ3) is 2.71. The molecule has 0 spiro atoms. The number of amides is 1. The molecular weight excluding hydrogens is 272 g/mol. The molecule has 1 aromatic carbocycles. The van der Waals surface area contributed by atoms with Crippen molar-refractivity contribution in [2.75, 3.05) is 31.3 Å². The Hall–Kier alpha value is -1.04. The van der Waals surface area contributed by atoms with E-state index in [-0.39, 0.29) is 11.9 Å². The summed E-state index contributed by atoms with van der Waals surface area (Å²) in [5.74, 6) is 1.95. The number of carbonyl (C=O) groups excluding carboxylic acids is 1. The summed E-state index contributed by atoms with van der Waals surface area (Å²) in [7, 11) is 0. The van der Waals surface area contributed by atoms with Gasteiger partial charge in [0.1, 0.15) is 5.60 Å². The lowest BCUT2D eigenvalue weighted by Crippen LogP contribution is -2.54. The van der Waals surface area contributed by atoms with E-state index in [0.29, 0.717) is 19.7 Å². The van der Waals surface area contributed by atoms with Crippen LogP contribution in [0.2, 0.25) is 0 Å². The molecular formula is C15H20N2O2S. The summed E-state index contributed by atoms with van der Waals surface area (Å²) in [6, 6.07) is 10.1. The van der Waals surface area contributed by atoms with Crippen LogP contribution in [0.25, 0.3) is 0 Å². The number of thioether (sulfide) groups is 1. The van der Waals surface area contributed by atoms with Gasteiger partial charge in [-0.25, -0.2) is 0 Å². The summed E-state index contributed by atoms with van der Waals surface area (Å²) in [6.07, 6.45) is 0. The zero-order chi connectivity index (χ0) is 14.0. The van der Waals surface area contributed by atoms with Crippen LogP contribution in [0, 0.1) is 0 Å². The number of nitrogens with zero attached hydrogens (tertiary/aromatic N) is 1. The molecule has 1 amide bonds. The van der Waals surface area contributed by atoms with Gasteiger partial charge in [0.25, 0.3) is 0 Å². The van der Waals surface area contributed by atoms with E-state index in [1.54, 1.807) is 11.8 Å². The Balaban J connectivity index is 1.74. The smallest absolute Gasteiger partial charge is 0.240 e. The predicted molar refractivity (Wildman–Crippen MR) is 80.6 cm³/mol. The fraction of sp³-hybridized carbons (Fsp3) is 0.533. The minimum Gasteiger partial charge on any atom is -0.367 e. The van der Waals surface area contributed by atoms with Crippen LogP contribution < -0.4 is 5.32 Å². The molecule has 1 aromatic rings. The maximum absolute atomic E-state index is 12.5. The van der Waals surface area contributed by atoms with Crippen LogP contribution in [0.3, 0.4) is 0 Å². The molecule has 1 N–H and O–H groups in total. The average Bonchev–Trinajstić information content (AvgIpc) is 3.02. The van der Waals surface area contributed by atoms with Crippen molar-refractivity contribution in [3.8, 4) is 0 Å². The molecule has 4 nitrogen and oxygen atoms in total. The molecule has 2 aliphatic rings. The molecule has 3 rings (SSSR count). The SMILES string of the molecule is C[C@]1(c2ccccc2)CN(C(=O)[C@H]2CSCN2)CCO1. The van der Waals surface area contributed by atoms with E-state index >= 15 is 0 Å². The number of hydrogen-bond donors (Lipinski definition) is 1. The molecule has 0 radical (unpaired) electrons. The molecule has 2 fully saturated rings. The van der Waals surface area contributed by atoms with Gasteiger partial charge < -0.3 is 9.64 Å². The first kappa shape index (κ1) is 13.9. The number of ether oxygens (including phenoxy) is 1. The minimum atomic E-state index is -0.402. The monoisotopic (exact) mass is 292 g/mol. The Morgan fingerprint density at radius 3 is 2.95 bits per heavy atom. The highest BCUT2D eigenvalue weighted by molar-refractivity contribution is 7.99. The maximum Gasteiger partial charge on any atom is 0.240 e. The average molecular weight is 292 g/mol. The van der Waals surface area contributed by atoms with E-state index in [1.165, 1.54) is 0 Å². The van der Waals surface area contributed by atoms with Crippen molar-refractivity contribution >= 4 is 17.7 Å². The van der Waals surface area contributed by atoms with Crippen molar-refractivity contribution in [1.82, 2.24) is 10.2 Å². The highest BCUT2D eigenvalue weighted by atomic mass is 32.2. The van der Waals surface area contributed by atoms with Gasteiger partial charge >= 0.3 is 0 Å². The van der Waals surface area contributed by atoms with Crippen LogP contribution in [0.4, 0.5) is 0 Å². The first-order chi connectivity index (χ1) is 9.69. The van der Waals surface area contributed by atoms with Crippen LogP contribution in [-0.2, 0) is 15.1 Å². The lowest BCUT2D eigenvalue weighted by atomic mass is 9.93. The number of nitrogens with one attached hydrogen (secondary N) is 1. The van der Waals surface area contributed by atoms with Gasteiger partial charge in [0.05, 0.1) is 19.2 Å². The summed E-state index contributed by atoms with van der Waals surface area (Å²) in [6.45, 7) is 3.97. The lowest BCUT2D eigenvalue weighted by molar-refractivity contribution is -0.151. The van der Waals surface area contributed by atoms with E-state index in [0.717, 1.165) is 17.2 Å². The fourth-order valence-electron chi connectivity index (χ4n) is 2.80. The zero-order valence-corrected chi connectivity index (χ0v) is 12.5. The normalized spacial score (nSPS) is 30.4. The van der Waals surface area contributed by atoms with Crippen LogP contribution in [0.15, 0.2) is 30.3 Å². The molecule has 2 aliphatic heterocycles. The van der Waals surface area contributed by atoms with E-state index in [4.69, 9.17) is 4.74 Å². The van der Waals surface area contributed by atoms with Gasteiger partial charge in [-0.05, 0) is 12.5 Å². The molecule has 0 aliphatic carbocycles. The second-order valence-electron chi connectivity index (χ2n) is 5.48. The minimum absolute atomic E-state index is 0.0295. The summed E-state index contributed by atoms with van der Waals surface area (Å²) in [5, 5.41) is 3.25. The second-order valence-corrected chi connectivity index (χ2v) is 6.51. The van der Waals surface area contributed by atoms with Gasteiger partial charge in [-0.2, -0.15) is 0 Å². The predicted octanol–water partition coefficient (Wildman–Crippen LogP) is 1.42. The van der Waals surface area contributed by atoms with Crippen molar-refractivity contribution < 1.29 is 9.53 Å². The van der Waals surface area contributed by atoms with Gasteiger partial charge in [-0.3, -0.25) is 10.1 Å². The third-order valence-corrected chi connectivity index (χ3v) is 4.92. The molecule has 20 heavy (non-hydrogen) atoms. The molecule has 2 saturated heterocycles. The summed E-state index contributed by atoms with van der Waals surface area (Å²) < 4.78 is 5.98. The first-order valence-corrected chi connectivity index (χ1v) is 8.14. The van der Waals surface area contributed by atoms with Crippen molar-refractivity contribution in [3.63, 3.8) is 0 Å². The first-order valence-electron chi connectivity index (χ1n) is 6.98. The van der Waals surface area contributed by atoms with Gasteiger partial charge in [0, 0.05) is 18.2 Å². The van der Waals surface area contributed by atoms with Crippen LogP contribution in [-0.4, -0.2) is 48.2 Å². The highest BCUT2D eigenvalue weighted by Gasteiger charge is 2.38. The zero-order valence-electron chi connectivity index (χ0n) is 11.7. The second kappa shape index (κ2) is 5.76. The number of morpholine rings is 1. The molecule has 2 atom stereocenters. The third-order valence-electron chi connectivity index (χ3n) is 3.98. The van der Waals surface area contributed by atoms with Gasteiger partial charge in [0.2, 0.25) is 5.91 Å². The Morgan fingerprint density at radius 2 is 2.25 bits per heavy atom. The summed E-state index contributed by atoms with van der Waals surface area (Å²) in [4.78, 5) is 14.5. The number of hydrogen-bond acceptors (Lipinski definition) is 4. The number of benzene rings is 1. The summed E-state index contributed by atoms with van der Waals surface area (Å²) in [5.41, 5.74) is 0.729. The number of rotatable bonds is 2. The fourth-order valence-corrected chi connectivity index (χ4v) is 3.73. The van der Waals surface area contributed by atoms with E-state index in [1.807, 2.05) is 23.1 Å². The van der Waals surface area contributed by atoms with E-state index in [2.05, 4.69) is 24.4 Å². The lowest BCUT2D eigenvalue weighted by Gasteiger charge is -2.41. The maximum atomic E-state index is 12.5. The van der Waals surface area contributed by atoms with Gasteiger partial charge in [0.15, 0.2) is 0 Å². The van der Waals surface area contributed by atoms with Crippen LogP contribution in [0.5, 0.6) is 0 Å². The Labute approximate surface area is 123 Å². The molecule has 0 saturated carbocycles. The van der Waals surface area contributed by atoms with Crippen molar-refractivity contribution in [3.05, 3.63) is 35.9 Å². The topological polar surface area (TPSA) is 41.6 Å². The molecule has 2 heterocycles. The molecule has 108 valence electrons. The molecule has 5 heteroatoms. The van der Waals surface area contributed by atoms with E-state index < -0.39 is 5.60 Å². The van der Waals surface area contributed by atoms with Crippen molar-refractivity contribution in [2.24, 2.45) is 0 Å². The quantitative estimate of drug-likeness (QED) is 0.895. The summed E-state index contributed by atoms with van der Waals surface area (Å²) >= 11 is 1.78. The number of carbonyl (C=O) groups is 1. The van der Waals surface area contributed by atoms with Gasteiger partial charge in [-0.1, -0.05) is 30.3 Å². The largest absolute Gasteiger partial charge is 0.367 e. The van der Waals surface area contributed by atoms with Crippen molar-refractivity contribution in [1.29, 1.82) is 0 Å².